The van der Waals surface area contributed by atoms with Crippen molar-refractivity contribution in [1.29, 1.82) is 0 Å². The molecule has 2 rings (SSSR count). The fourth-order valence-corrected chi connectivity index (χ4v) is 1.28. The standard InChI is InChI=1S/C10H10FN3/c1-12-6-10-13-5-7-2-3-8(11)4-9(7)14-10/h2-5,12H,6H2,1H3. The number of nitrogens with one attached hydrogen (secondary N) is 1. The molecular formula is C10H10FN3. The summed E-state index contributed by atoms with van der Waals surface area (Å²) in [5, 5.41) is 3.80. The summed E-state index contributed by atoms with van der Waals surface area (Å²) in [7, 11) is 1.82. The van der Waals surface area contributed by atoms with Gasteiger partial charge in [0.1, 0.15) is 11.6 Å². The molecule has 3 nitrogen and oxygen atoms in total. The van der Waals surface area contributed by atoms with Crippen LogP contribution in [-0.2, 0) is 6.54 Å². The average molecular weight is 191 g/mol. The highest BCUT2D eigenvalue weighted by molar-refractivity contribution is 5.77. The van der Waals surface area contributed by atoms with Gasteiger partial charge in [-0.15, -0.1) is 0 Å². The first-order valence-electron chi connectivity index (χ1n) is 4.35. The molecule has 0 aliphatic carbocycles. The summed E-state index contributed by atoms with van der Waals surface area (Å²) in [4.78, 5) is 8.34. The fraction of sp³-hybridized carbons (Fsp3) is 0.200. The third kappa shape index (κ3) is 1.70. The molecule has 0 bridgehead atoms. The van der Waals surface area contributed by atoms with E-state index in [0.717, 1.165) is 5.39 Å². The molecule has 1 N–H and O–H groups in total. The number of hydrogen-bond donors (Lipinski definition) is 1. The van der Waals surface area contributed by atoms with Gasteiger partial charge in [-0.05, 0) is 19.2 Å². The first-order valence-corrected chi connectivity index (χ1v) is 4.35. The Labute approximate surface area is 81.0 Å². The lowest BCUT2D eigenvalue weighted by molar-refractivity contribution is 0.629. The fourth-order valence-electron chi connectivity index (χ4n) is 1.28. The first-order chi connectivity index (χ1) is 6.79. The van der Waals surface area contributed by atoms with Crippen molar-refractivity contribution >= 4 is 10.9 Å². The molecule has 0 spiro atoms. The van der Waals surface area contributed by atoms with E-state index in [1.807, 2.05) is 7.05 Å². The number of benzene rings is 1. The van der Waals surface area contributed by atoms with Crippen LogP contribution in [0.3, 0.4) is 0 Å². The lowest BCUT2D eigenvalue weighted by Gasteiger charge is -2.00. The molecule has 0 aliphatic rings. The SMILES string of the molecule is CNCc1ncc2ccc(F)cc2n1. The Morgan fingerprint density at radius 2 is 2.29 bits per heavy atom. The Kier molecular flexibility index (Phi) is 2.37. The number of aromatic nitrogens is 2. The zero-order valence-electron chi connectivity index (χ0n) is 7.79. The molecule has 0 saturated carbocycles. The van der Waals surface area contributed by atoms with E-state index in [1.165, 1.54) is 12.1 Å². The molecule has 0 amide bonds. The van der Waals surface area contributed by atoms with Crippen molar-refractivity contribution in [2.75, 3.05) is 7.05 Å². The predicted octanol–water partition coefficient (Wildman–Crippen LogP) is 1.49. The van der Waals surface area contributed by atoms with Crippen molar-refractivity contribution in [1.82, 2.24) is 15.3 Å². The van der Waals surface area contributed by atoms with Crippen LogP contribution in [0.5, 0.6) is 0 Å². The normalized spacial score (nSPS) is 10.7. The highest BCUT2D eigenvalue weighted by Crippen LogP contribution is 2.11. The summed E-state index contributed by atoms with van der Waals surface area (Å²) >= 11 is 0. The lowest BCUT2D eigenvalue weighted by Crippen LogP contribution is -2.08. The summed E-state index contributed by atoms with van der Waals surface area (Å²) in [5.41, 5.74) is 0.644. The number of nitrogens with zero attached hydrogens (tertiary/aromatic N) is 2. The summed E-state index contributed by atoms with van der Waals surface area (Å²) in [6.07, 6.45) is 1.70. The van der Waals surface area contributed by atoms with Gasteiger partial charge in [-0.25, -0.2) is 14.4 Å². The van der Waals surface area contributed by atoms with Crippen LogP contribution < -0.4 is 5.32 Å². The van der Waals surface area contributed by atoms with Crippen molar-refractivity contribution in [3.8, 4) is 0 Å². The molecule has 14 heavy (non-hydrogen) atoms. The lowest BCUT2D eigenvalue weighted by atomic mass is 10.2. The van der Waals surface area contributed by atoms with E-state index in [1.54, 1.807) is 12.3 Å². The van der Waals surface area contributed by atoms with E-state index in [-0.39, 0.29) is 5.82 Å². The summed E-state index contributed by atoms with van der Waals surface area (Å²) in [6.45, 7) is 0.590. The van der Waals surface area contributed by atoms with E-state index in [9.17, 15) is 4.39 Å². The van der Waals surface area contributed by atoms with Gasteiger partial charge >= 0.3 is 0 Å². The Morgan fingerprint density at radius 3 is 3.07 bits per heavy atom. The minimum Gasteiger partial charge on any atom is -0.313 e. The van der Waals surface area contributed by atoms with Gasteiger partial charge in [-0.3, -0.25) is 0 Å². The van der Waals surface area contributed by atoms with Crippen LogP contribution in [0.25, 0.3) is 10.9 Å². The summed E-state index contributed by atoms with van der Waals surface area (Å²) < 4.78 is 12.9. The van der Waals surface area contributed by atoms with Gasteiger partial charge in [0.25, 0.3) is 0 Å². The van der Waals surface area contributed by atoms with E-state index in [4.69, 9.17) is 0 Å². The zero-order chi connectivity index (χ0) is 9.97. The maximum absolute atomic E-state index is 12.9. The number of fused-ring (bicyclic) bond motifs is 1. The minimum absolute atomic E-state index is 0.272. The molecule has 0 fully saturated rings. The Bertz CT molecular complexity index is 456. The number of hydrogen-bond acceptors (Lipinski definition) is 3. The summed E-state index contributed by atoms with van der Waals surface area (Å²) in [6, 6.07) is 4.49. The van der Waals surface area contributed by atoms with Crippen LogP contribution in [0.4, 0.5) is 4.39 Å². The predicted molar refractivity (Wildman–Crippen MR) is 52.3 cm³/mol. The zero-order valence-corrected chi connectivity index (χ0v) is 7.79. The van der Waals surface area contributed by atoms with Crippen molar-refractivity contribution in [3.63, 3.8) is 0 Å². The van der Waals surface area contributed by atoms with E-state index in [0.29, 0.717) is 17.9 Å². The monoisotopic (exact) mass is 191 g/mol. The molecule has 2 aromatic rings. The Balaban J connectivity index is 2.52. The molecule has 72 valence electrons. The summed E-state index contributed by atoms with van der Waals surface area (Å²) in [5.74, 6) is 0.400. The molecule has 1 aromatic carbocycles. The van der Waals surface area contributed by atoms with E-state index in [2.05, 4.69) is 15.3 Å². The van der Waals surface area contributed by atoms with Crippen LogP contribution in [0.15, 0.2) is 24.4 Å². The van der Waals surface area contributed by atoms with Crippen molar-refractivity contribution in [2.24, 2.45) is 0 Å². The van der Waals surface area contributed by atoms with E-state index < -0.39 is 0 Å². The quantitative estimate of drug-likeness (QED) is 0.781. The number of rotatable bonds is 2. The topological polar surface area (TPSA) is 37.8 Å². The molecule has 0 saturated heterocycles. The second-order valence-corrected chi connectivity index (χ2v) is 3.02. The van der Waals surface area contributed by atoms with Gasteiger partial charge in [-0.2, -0.15) is 0 Å². The van der Waals surface area contributed by atoms with Crippen LogP contribution in [0.2, 0.25) is 0 Å². The largest absolute Gasteiger partial charge is 0.313 e. The maximum Gasteiger partial charge on any atom is 0.142 e. The van der Waals surface area contributed by atoms with Gasteiger partial charge in [0, 0.05) is 17.6 Å². The molecule has 1 heterocycles. The Morgan fingerprint density at radius 1 is 1.43 bits per heavy atom. The molecular weight excluding hydrogens is 181 g/mol. The van der Waals surface area contributed by atoms with Crippen LogP contribution in [0.1, 0.15) is 5.82 Å². The van der Waals surface area contributed by atoms with E-state index >= 15 is 0 Å². The second-order valence-electron chi connectivity index (χ2n) is 3.02. The van der Waals surface area contributed by atoms with Crippen molar-refractivity contribution in [2.45, 2.75) is 6.54 Å². The first kappa shape index (κ1) is 9.02. The maximum atomic E-state index is 12.9. The number of halogens is 1. The van der Waals surface area contributed by atoms with Gasteiger partial charge in [0.05, 0.1) is 12.1 Å². The molecule has 0 unspecified atom stereocenters. The minimum atomic E-state index is -0.272. The van der Waals surface area contributed by atoms with Crippen LogP contribution in [0, 0.1) is 5.82 Å². The van der Waals surface area contributed by atoms with Gasteiger partial charge < -0.3 is 5.32 Å². The van der Waals surface area contributed by atoms with Gasteiger partial charge in [0.15, 0.2) is 0 Å². The van der Waals surface area contributed by atoms with Crippen molar-refractivity contribution < 1.29 is 4.39 Å². The highest BCUT2D eigenvalue weighted by Gasteiger charge is 1.99. The highest BCUT2D eigenvalue weighted by atomic mass is 19.1. The molecule has 0 atom stereocenters. The van der Waals surface area contributed by atoms with Crippen LogP contribution >= 0.6 is 0 Å². The molecule has 0 aliphatic heterocycles. The second kappa shape index (κ2) is 3.67. The molecule has 4 heteroatoms. The van der Waals surface area contributed by atoms with Crippen molar-refractivity contribution in [3.05, 3.63) is 36.0 Å². The molecule has 1 aromatic heterocycles. The smallest absolute Gasteiger partial charge is 0.142 e. The average Bonchev–Trinajstić information content (AvgIpc) is 2.17. The Hall–Kier alpha value is -1.55. The molecule has 0 radical (unpaired) electrons. The van der Waals surface area contributed by atoms with Gasteiger partial charge in [-0.1, -0.05) is 0 Å². The van der Waals surface area contributed by atoms with Crippen LogP contribution in [-0.4, -0.2) is 17.0 Å². The van der Waals surface area contributed by atoms with Gasteiger partial charge in [0.2, 0.25) is 0 Å². The third-order valence-electron chi connectivity index (χ3n) is 1.93. The third-order valence-corrected chi connectivity index (χ3v) is 1.93.